The van der Waals surface area contributed by atoms with E-state index in [4.69, 9.17) is 4.74 Å². The predicted octanol–water partition coefficient (Wildman–Crippen LogP) is 2.12. The van der Waals surface area contributed by atoms with E-state index in [-0.39, 0.29) is 0 Å². The molecule has 1 unspecified atom stereocenters. The molecule has 2 fully saturated rings. The monoisotopic (exact) mass is 254 g/mol. The molecule has 106 valence electrons. The van der Waals surface area contributed by atoms with Crippen molar-refractivity contribution in [2.45, 2.75) is 39.5 Å². The molecule has 3 nitrogen and oxygen atoms in total. The summed E-state index contributed by atoms with van der Waals surface area (Å²) in [5.41, 5.74) is 0.624. The zero-order valence-electron chi connectivity index (χ0n) is 12.2. The van der Waals surface area contributed by atoms with E-state index >= 15 is 0 Å². The lowest BCUT2D eigenvalue weighted by atomic mass is 9.82. The first-order valence-electron chi connectivity index (χ1n) is 7.79. The Hall–Kier alpha value is -0.120. The van der Waals surface area contributed by atoms with Crippen LogP contribution in [0.3, 0.4) is 0 Å². The van der Waals surface area contributed by atoms with Crippen molar-refractivity contribution in [1.82, 2.24) is 10.2 Å². The van der Waals surface area contributed by atoms with Crippen LogP contribution < -0.4 is 5.32 Å². The maximum absolute atomic E-state index is 5.39. The van der Waals surface area contributed by atoms with Gasteiger partial charge in [-0.1, -0.05) is 13.8 Å². The maximum atomic E-state index is 5.39. The van der Waals surface area contributed by atoms with Gasteiger partial charge in [0.05, 0.1) is 6.61 Å². The summed E-state index contributed by atoms with van der Waals surface area (Å²) < 4.78 is 5.39. The first kappa shape index (κ1) is 14.3. The van der Waals surface area contributed by atoms with Gasteiger partial charge in [0.2, 0.25) is 0 Å². The van der Waals surface area contributed by atoms with Gasteiger partial charge in [0.15, 0.2) is 0 Å². The van der Waals surface area contributed by atoms with Gasteiger partial charge in [-0.3, -0.25) is 0 Å². The molecule has 0 aromatic rings. The number of nitrogens with one attached hydrogen (secondary N) is 1. The fraction of sp³-hybridized carbons (Fsp3) is 1.00. The normalized spacial score (nSPS) is 28.0. The summed E-state index contributed by atoms with van der Waals surface area (Å²) >= 11 is 0. The molecule has 1 N–H and O–H groups in total. The molecule has 3 heteroatoms. The summed E-state index contributed by atoms with van der Waals surface area (Å²) in [5.74, 6) is 0.758. The van der Waals surface area contributed by atoms with E-state index in [1.807, 2.05) is 0 Å². The van der Waals surface area contributed by atoms with E-state index in [2.05, 4.69) is 24.1 Å². The standard InChI is InChI=1S/C15H30N2O/c1-3-15(4-2)6-8-17(13-15)9-7-16-11-14-5-10-18-12-14/h14,16H,3-13H2,1-2H3. The van der Waals surface area contributed by atoms with E-state index in [1.54, 1.807) is 0 Å². The predicted molar refractivity (Wildman–Crippen MR) is 75.9 cm³/mol. The van der Waals surface area contributed by atoms with Crippen LogP contribution >= 0.6 is 0 Å². The van der Waals surface area contributed by atoms with E-state index in [0.717, 1.165) is 32.2 Å². The van der Waals surface area contributed by atoms with Gasteiger partial charge in [0.25, 0.3) is 0 Å². The fourth-order valence-corrected chi connectivity index (χ4v) is 3.33. The lowest BCUT2D eigenvalue weighted by Gasteiger charge is -2.26. The Morgan fingerprint density at radius 1 is 1.33 bits per heavy atom. The molecule has 0 radical (unpaired) electrons. The lowest BCUT2D eigenvalue weighted by Crippen LogP contribution is -2.34. The van der Waals surface area contributed by atoms with Crippen molar-refractivity contribution in [2.24, 2.45) is 11.3 Å². The average Bonchev–Trinajstić information content (AvgIpc) is 3.05. The zero-order valence-corrected chi connectivity index (χ0v) is 12.2. The largest absolute Gasteiger partial charge is 0.381 e. The fourth-order valence-electron chi connectivity index (χ4n) is 3.33. The van der Waals surface area contributed by atoms with Crippen LogP contribution in [0.4, 0.5) is 0 Å². The second-order valence-electron chi connectivity index (χ2n) is 6.17. The third-order valence-corrected chi connectivity index (χ3v) is 5.08. The van der Waals surface area contributed by atoms with Gasteiger partial charge in [-0.2, -0.15) is 0 Å². The van der Waals surface area contributed by atoms with Crippen LogP contribution in [0.15, 0.2) is 0 Å². The van der Waals surface area contributed by atoms with Gasteiger partial charge in [-0.15, -0.1) is 0 Å². The summed E-state index contributed by atoms with van der Waals surface area (Å²) in [5, 5.41) is 3.60. The number of rotatable bonds is 7. The van der Waals surface area contributed by atoms with Crippen LogP contribution in [0.25, 0.3) is 0 Å². The third-order valence-electron chi connectivity index (χ3n) is 5.08. The highest BCUT2D eigenvalue weighted by Gasteiger charge is 2.34. The van der Waals surface area contributed by atoms with Crippen molar-refractivity contribution in [3.8, 4) is 0 Å². The SMILES string of the molecule is CCC1(CC)CCN(CCNCC2CCOC2)C1. The Morgan fingerprint density at radius 2 is 2.17 bits per heavy atom. The van der Waals surface area contributed by atoms with Crippen LogP contribution in [0.2, 0.25) is 0 Å². The molecule has 18 heavy (non-hydrogen) atoms. The molecule has 0 bridgehead atoms. The second-order valence-corrected chi connectivity index (χ2v) is 6.17. The smallest absolute Gasteiger partial charge is 0.0507 e. The Bertz CT molecular complexity index is 235. The molecule has 0 saturated carbocycles. The van der Waals surface area contributed by atoms with E-state index < -0.39 is 0 Å². The molecular formula is C15H30N2O. The molecule has 0 aromatic heterocycles. The van der Waals surface area contributed by atoms with Crippen molar-refractivity contribution in [1.29, 1.82) is 0 Å². The molecule has 2 aliphatic rings. The lowest BCUT2D eigenvalue weighted by molar-refractivity contribution is 0.185. The molecule has 2 saturated heterocycles. The molecule has 2 rings (SSSR count). The minimum Gasteiger partial charge on any atom is -0.381 e. The minimum atomic E-state index is 0.624. The Kier molecular flexibility index (Phi) is 5.46. The molecule has 2 heterocycles. The Morgan fingerprint density at radius 3 is 2.78 bits per heavy atom. The van der Waals surface area contributed by atoms with Crippen molar-refractivity contribution in [3.63, 3.8) is 0 Å². The molecular weight excluding hydrogens is 224 g/mol. The average molecular weight is 254 g/mol. The van der Waals surface area contributed by atoms with Crippen molar-refractivity contribution in [2.75, 3.05) is 45.9 Å². The Balaban J connectivity index is 1.57. The summed E-state index contributed by atoms with van der Waals surface area (Å²) in [6.07, 6.45) is 5.32. The minimum absolute atomic E-state index is 0.624. The summed E-state index contributed by atoms with van der Waals surface area (Å²) in [6.45, 7) is 12.7. The van der Waals surface area contributed by atoms with Crippen LogP contribution in [0.5, 0.6) is 0 Å². The van der Waals surface area contributed by atoms with Gasteiger partial charge in [-0.25, -0.2) is 0 Å². The number of hydrogen-bond acceptors (Lipinski definition) is 3. The van der Waals surface area contributed by atoms with Gasteiger partial charge >= 0.3 is 0 Å². The number of nitrogens with zero attached hydrogens (tertiary/aromatic N) is 1. The van der Waals surface area contributed by atoms with E-state index in [1.165, 1.54) is 45.3 Å². The van der Waals surface area contributed by atoms with Gasteiger partial charge in [0, 0.05) is 32.8 Å². The van der Waals surface area contributed by atoms with Crippen molar-refractivity contribution in [3.05, 3.63) is 0 Å². The van der Waals surface area contributed by atoms with Gasteiger partial charge in [0.1, 0.15) is 0 Å². The number of likely N-dealkylation sites (tertiary alicyclic amines) is 1. The molecule has 0 amide bonds. The van der Waals surface area contributed by atoms with Crippen LogP contribution in [-0.2, 0) is 4.74 Å². The third kappa shape index (κ3) is 3.69. The van der Waals surface area contributed by atoms with Gasteiger partial charge < -0.3 is 15.0 Å². The highest BCUT2D eigenvalue weighted by molar-refractivity contribution is 4.88. The molecule has 0 spiro atoms. The summed E-state index contributed by atoms with van der Waals surface area (Å²) in [7, 11) is 0. The number of ether oxygens (including phenoxy) is 1. The second kappa shape index (κ2) is 6.88. The first-order chi connectivity index (χ1) is 8.78. The summed E-state index contributed by atoms with van der Waals surface area (Å²) in [6, 6.07) is 0. The van der Waals surface area contributed by atoms with Gasteiger partial charge in [-0.05, 0) is 43.6 Å². The molecule has 2 aliphatic heterocycles. The molecule has 0 aromatic carbocycles. The summed E-state index contributed by atoms with van der Waals surface area (Å²) in [4.78, 5) is 2.64. The molecule has 0 aliphatic carbocycles. The van der Waals surface area contributed by atoms with Crippen LogP contribution in [0.1, 0.15) is 39.5 Å². The van der Waals surface area contributed by atoms with Crippen LogP contribution in [0, 0.1) is 11.3 Å². The molecule has 1 atom stereocenters. The van der Waals surface area contributed by atoms with Crippen molar-refractivity contribution >= 4 is 0 Å². The van der Waals surface area contributed by atoms with Crippen molar-refractivity contribution < 1.29 is 4.74 Å². The van der Waals surface area contributed by atoms with Crippen LogP contribution in [-0.4, -0.2) is 50.8 Å². The highest BCUT2D eigenvalue weighted by atomic mass is 16.5. The quantitative estimate of drug-likeness (QED) is 0.704. The Labute approximate surface area is 112 Å². The van der Waals surface area contributed by atoms with E-state index in [9.17, 15) is 0 Å². The van der Waals surface area contributed by atoms with E-state index in [0.29, 0.717) is 5.41 Å². The zero-order chi connectivity index (χ0) is 12.8. The highest BCUT2D eigenvalue weighted by Crippen LogP contribution is 2.36. The first-order valence-corrected chi connectivity index (χ1v) is 7.79. The maximum Gasteiger partial charge on any atom is 0.0507 e. The number of hydrogen-bond donors (Lipinski definition) is 1. The topological polar surface area (TPSA) is 24.5 Å².